The Labute approximate surface area is 154 Å². The molecule has 0 aliphatic carbocycles. The number of aromatic nitrogens is 1. The number of pyridine rings is 1. The van der Waals surface area contributed by atoms with Gasteiger partial charge in [-0.3, -0.25) is 9.78 Å². The summed E-state index contributed by atoms with van der Waals surface area (Å²) >= 11 is 3.40. The summed E-state index contributed by atoms with van der Waals surface area (Å²) in [5.74, 6) is -0.00256. The van der Waals surface area contributed by atoms with Crippen LogP contribution in [0, 0.1) is 6.92 Å². The molecule has 0 atom stereocenters. The minimum Gasteiger partial charge on any atom is -0.324 e. The highest BCUT2D eigenvalue weighted by Crippen LogP contribution is 2.37. The van der Waals surface area contributed by atoms with Crippen LogP contribution in [0.1, 0.15) is 10.4 Å². The van der Waals surface area contributed by atoms with E-state index in [-0.39, 0.29) is 5.91 Å². The lowest BCUT2D eigenvalue weighted by atomic mass is 10.0. The van der Waals surface area contributed by atoms with Gasteiger partial charge in [0.05, 0.1) is 17.0 Å². The highest BCUT2D eigenvalue weighted by molar-refractivity contribution is 7.21. The van der Waals surface area contributed by atoms with E-state index in [1.165, 1.54) is 9.75 Å². The van der Waals surface area contributed by atoms with Crippen molar-refractivity contribution in [3.8, 4) is 9.75 Å². The van der Waals surface area contributed by atoms with Crippen molar-refractivity contribution < 1.29 is 4.79 Å². The quantitative estimate of drug-likeness (QED) is 0.518. The summed E-state index contributed by atoms with van der Waals surface area (Å²) in [4.78, 5) is 20.3. The fourth-order valence-corrected chi connectivity index (χ4v) is 4.73. The van der Waals surface area contributed by atoms with E-state index in [4.69, 9.17) is 0 Å². The average molecular weight is 364 g/mol. The van der Waals surface area contributed by atoms with Crippen LogP contribution in [0.3, 0.4) is 0 Å². The Morgan fingerprint density at radius 1 is 1.16 bits per heavy atom. The second kappa shape index (κ2) is 6.78. The van der Waals surface area contributed by atoms with Gasteiger partial charge in [0.1, 0.15) is 0 Å². The molecule has 0 saturated carbocycles. The monoisotopic (exact) mass is 364 g/mol. The summed E-state index contributed by atoms with van der Waals surface area (Å²) in [5.41, 5.74) is 1.90. The molecule has 124 valence electrons. The normalized spacial score (nSPS) is 10.9. The zero-order valence-corrected chi connectivity index (χ0v) is 15.3. The topological polar surface area (TPSA) is 42.0 Å². The van der Waals surface area contributed by atoms with Crippen LogP contribution >= 0.6 is 22.7 Å². The predicted molar refractivity (Wildman–Crippen MR) is 106 cm³/mol. The number of anilines is 1. The zero-order chi connectivity index (χ0) is 17.2. The molecule has 0 saturated heterocycles. The van der Waals surface area contributed by atoms with Crippen LogP contribution in [-0.2, 0) is 11.2 Å². The minimum atomic E-state index is -0.00256. The average Bonchev–Trinajstić information content (AvgIpc) is 3.24. The summed E-state index contributed by atoms with van der Waals surface area (Å²) in [7, 11) is 0. The first-order valence-corrected chi connectivity index (χ1v) is 9.66. The first-order valence-electron chi connectivity index (χ1n) is 7.96. The van der Waals surface area contributed by atoms with Crippen LogP contribution in [-0.4, -0.2) is 10.9 Å². The largest absolute Gasteiger partial charge is 0.324 e. The van der Waals surface area contributed by atoms with Crippen LogP contribution in [0.2, 0.25) is 0 Å². The smallest absolute Gasteiger partial charge is 0.228 e. The number of amides is 1. The molecule has 4 aromatic rings. The highest BCUT2D eigenvalue weighted by atomic mass is 32.1. The molecule has 5 heteroatoms. The maximum atomic E-state index is 12.6. The molecule has 1 aromatic carbocycles. The molecule has 3 heterocycles. The number of rotatable bonds is 4. The summed E-state index contributed by atoms with van der Waals surface area (Å²) < 4.78 is 0. The second-order valence-corrected chi connectivity index (χ2v) is 8.02. The number of nitrogens with one attached hydrogen (secondary N) is 1. The number of benzene rings is 1. The SMILES string of the molecule is Cc1ccc(-c2sccc2NC(=O)Cc2cccc3cnccc23)s1. The lowest BCUT2D eigenvalue weighted by molar-refractivity contribution is -0.115. The second-order valence-electron chi connectivity index (χ2n) is 5.81. The van der Waals surface area contributed by atoms with Gasteiger partial charge >= 0.3 is 0 Å². The minimum absolute atomic E-state index is 0.00256. The van der Waals surface area contributed by atoms with Gasteiger partial charge in [-0.25, -0.2) is 0 Å². The van der Waals surface area contributed by atoms with Crippen molar-refractivity contribution in [2.45, 2.75) is 13.3 Å². The Bertz CT molecular complexity index is 1040. The van der Waals surface area contributed by atoms with Crippen molar-refractivity contribution in [1.82, 2.24) is 4.98 Å². The Hall–Kier alpha value is -2.50. The first-order chi connectivity index (χ1) is 12.2. The van der Waals surface area contributed by atoms with E-state index in [0.717, 1.165) is 26.9 Å². The van der Waals surface area contributed by atoms with Gasteiger partial charge in [-0.2, -0.15) is 0 Å². The summed E-state index contributed by atoms with van der Waals surface area (Å²) in [6, 6.07) is 14.1. The molecule has 0 bridgehead atoms. The van der Waals surface area contributed by atoms with E-state index in [1.54, 1.807) is 28.9 Å². The molecule has 3 aromatic heterocycles. The maximum absolute atomic E-state index is 12.6. The molecule has 0 unspecified atom stereocenters. The van der Waals surface area contributed by atoms with Crippen molar-refractivity contribution >= 4 is 45.0 Å². The fourth-order valence-electron chi connectivity index (χ4n) is 2.87. The molecule has 0 radical (unpaired) electrons. The maximum Gasteiger partial charge on any atom is 0.228 e. The van der Waals surface area contributed by atoms with Crippen LogP contribution in [0.5, 0.6) is 0 Å². The van der Waals surface area contributed by atoms with Gasteiger partial charge in [0, 0.05) is 27.5 Å². The Morgan fingerprint density at radius 3 is 2.92 bits per heavy atom. The molecule has 0 aliphatic rings. The van der Waals surface area contributed by atoms with E-state index in [1.807, 2.05) is 41.9 Å². The van der Waals surface area contributed by atoms with E-state index in [2.05, 4.69) is 29.4 Å². The Morgan fingerprint density at radius 2 is 2.08 bits per heavy atom. The van der Waals surface area contributed by atoms with Gasteiger partial charge < -0.3 is 5.32 Å². The summed E-state index contributed by atoms with van der Waals surface area (Å²) in [6.07, 6.45) is 3.94. The van der Waals surface area contributed by atoms with E-state index in [9.17, 15) is 4.79 Å². The van der Waals surface area contributed by atoms with Crippen molar-refractivity contribution in [3.63, 3.8) is 0 Å². The van der Waals surface area contributed by atoms with E-state index < -0.39 is 0 Å². The van der Waals surface area contributed by atoms with Crippen LogP contribution in [0.25, 0.3) is 20.5 Å². The van der Waals surface area contributed by atoms with Gasteiger partial charge in [-0.05, 0) is 47.5 Å². The molecule has 0 aliphatic heterocycles. The van der Waals surface area contributed by atoms with Crippen molar-refractivity contribution in [2.24, 2.45) is 0 Å². The number of hydrogen-bond acceptors (Lipinski definition) is 4. The third-order valence-electron chi connectivity index (χ3n) is 4.03. The first kappa shape index (κ1) is 16.0. The summed E-state index contributed by atoms with van der Waals surface area (Å²) in [5, 5.41) is 7.22. The van der Waals surface area contributed by atoms with Crippen LogP contribution in [0.15, 0.2) is 60.2 Å². The zero-order valence-electron chi connectivity index (χ0n) is 13.7. The van der Waals surface area contributed by atoms with Gasteiger partial charge in [-0.15, -0.1) is 22.7 Å². The molecular weight excluding hydrogens is 348 g/mol. The molecule has 0 fully saturated rings. The third kappa shape index (κ3) is 3.34. The fraction of sp³-hybridized carbons (Fsp3) is 0.100. The number of carbonyl (C=O) groups is 1. The van der Waals surface area contributed by atoms with Crippen molar-refractivity contribution in [1.29, 1.82) is 0 Å². The molecule has 25 heavy (non-hydrogen) atoms. The van der Waals surface area contributed by atoms with Crippen molar-refractivity contribution in [2.75, 3.05) is 5.32 Å². The Balaban J connectivity index is 1.56. The summed E-state index contributed by atoms with van der Waals surface area (Å²) in [6.45, 7) is 2.09. The van der Waals surface area contributed by atoms with E-state index >= 15 is 0 Å². The van der Waals surface area contributed by atoms with Gasteiger partial charge in [0.25, 0.3) is 0 Å². The molecule has 0 spiro atoms. The van der Waals surface area contributed by atoms with Crippen LogP contribution in [0.4, 0.5) is 5.69 Å². The number of nitrogens with zero attached hydrogens (tertiary/aromatic N) is 1. The van der Waals surface area contributed by atoms with Gasteiger partial charge in [-0.1, -0.05) is 18.2 Å². The number of fused-ring (bicyclic) bond motifs is 1. The van der Waals surface area contributed by atoms with Crippen molar-refractivity contribution in [3.05, 3.63) is 70.7 Å². The lowest BCUT2D eigenvalue weighted by Gasteiger charge is -2.08. The predicted octanol–water partition coefficient (Wildman–Crippen LogP) is 5.51. The molecule has 3 nitrogen and oxygen atoms in total. The highest BCUT2D eigenvalue weighted by Gasteiger charge is 2.13. The van der Waals surface area contributed by atoms with Gasteiger partial charge in [0.15, 0.2) is 0 Å². The third-order valence-corrected chi connectivity index (χ3v) is 6.12. The lowest BCUT2D eigenvalue weighted by Crippen LogP contribution is -2.14. The molecule has 4 rings (SSSR count). The van der Waals surface area contributed by atoms with Gasteiger partial charge in [0.2, 0.25) is 5.91 Å². The Kier molecular flexibility index (Phi) is 4.34. The van der Waals surface area contributed by atoms with Crippen LogP contribution < -0.4 is 5.32 Å². The van der Waals surface area contributed by atoms with E-state index in [0.29, 0.717) is 6.42 Å². The number of carbonyl (C=O) groups excluding carboxylic acids is 1. The molecule has 1 N–H and O–H groups in total. The standard InChI is InChI=1S/C20H16N2OS2/c1-13-5-6-18(25-13)20-17(8-10-24-20)22-19(23)11-14-3-2-4-15-12-21-9-7-16(14)15/h2-10,12H,11H2,1H3,(H,22,23). The number of hydrogen-bond donors (Lipinski definition) is 1. The molecule has 1 amide bonds. The number of thiophene rings is 2. The molecular formula is C20H16N2OS2. The number of aryl methyl sites for hydroxylation is 1.